The molecule has 0 heterocycles. The van der Waals surface area contributed by atoms with Crippen LogP contribution in [-0.4, -0.2) is 30.7 Å². The van der Waals surface area contributed by atoms with Gasteiger partial charge in [0.2, 0.25) is 5.91 Å². The molecule has 1 fully saturated rings. The fourth-order valence-electron chi connectivity index (χ4n) is 2.11. The Labute approximate surface area is 96.9 Å². The first-order valence-corrected chi connectivity index (χ1v) is 5.52. The molecule has 0 saturated heterocycles. The van der Waals surface area contributed by atoms with E-state index in [4.69, 9.17) is 16.9 Å². The van der Waals surface area contributed by atoms with Gasteiger partial charge < -0.3 is 15.8 Å². The lowest BCUT2D eigenvalue weighted by Gasteiger charge is -2.57. The van der Waals surface area contributed by atoms with Crippen LogP contribution in [0.3, 0.4) is 0 Å². The number of nitrogens with two attached hydrogens (primary N) is 1. The molecule has 3 N–H and O–H groups in total. The van der Waals surface area contributed by atoms with Crippen molar-refractivity contribution >= 4 is 5.91 Å². The number of hydrogen-bond donors (Lipinski definition) is 2. The molecule has 0 aromatic carbocycles. The number of carbonyl (C=O) groups excluding carboxylic acids is 1. The number of carbonyl (C=O) groups is 1. The third-order valence-corrected chi connectivity index (χ3v) is 3.59. The minimum Gasteiger partial charge on any atom is -0.378 e. The molecule has 16 heavy (non-hydrogen) atoms. The third kappa shape index (κ3) is 1.81. The predicted molar refractivity (Wildman–Crippen MR) is 62.6 cm³/mol. The van der Waals surface area contributed by atoms with Gasteiger partial charge in [-0.05, 0) is 6.92 Å². The highest BCUT2D eigenvalue weighted by Gasteiger charge is 2.62. The minimum absolute atomic E-state index is 0.0408. The van der Waals surface area contributed by atoms with Crippen molar-refractivity contribution in [3.63, 3.8) is 0 Å². The maximum Gasteiger partial charge on any atom is 0.241 e. The Morgan fingerprint density at radius 3 is 2.75 bits per heavy atom. The number of nitrogens with one attached hydrogen (secondary N) is 1. The van der Waals surface area contributed by atoms with Gasteiger partial charge in [0.15, 0.2) is 0 Å². The van der Waals surface area contributed by atoms with Gasteiger partial charge in [-0.15, -0.1) is 6.42 Å². The van der Waals surface area contributed by atoms with Crippen molar-refractivity contribution < 1.29 is 9.53 Å². The van der Waals surface area contributed by atoms with Gasteiger partial charge in [-0.25, -0.2) is 0 Å². The summed E-state index contributed by atoms with van der Waals surface area (Å²) in [4.78, 5) is 11.9. The molecule has 2 unspecified atom stereocenters. The first kappa shape index (κ1) is 13.0. The van der Waals surface area contributed by atoms with Gasteiger partial charge >= 0.3 is 0 Å². The summed E-state index contributed by atoms with van der Waals surface area (Å²) in [5.74, 6) is 2.18. The van der Waals surface area contributed by atoms with Crippen molar-refractivity contribution in [2.75, 3.05) is 13.2 Å². The quantitative estimate of drug-likeness (QED) is 0.674. The van der Waals surface area contributed by atoms with E-state index in [9.17, 15) is 4.79 Å². The van der Waals surface area contributed by atoms with Crippen molar-refractivity contribution in [2.45, 2.75) is 38.8 Å². The third-order valence-electron chi connectivity index (χ3n) is 3.59. The number of hydrogen-bond acceptors (Lipinski definition) is 3. The number of amides is 1. The standard InChI is InChI=1S/C12H20N2O2/c1-5-7-14-10(15)12(13)8-9(16-6-2)11(12,3)4/h1,9H,6-8,13H2,2-4H3,(H,14,15). The summed E-state index contributed by atoms with van der Waals surface area (Å²) in [6, 6.07) is 0. The van der Waals surface area contributed by atoms with Crippen molar-refractivity contribution in [1.29, 1.82) is 0 Å². The zero-order chi connectivity index (χ0) is 12.4. The molecule has 0 radical (unpaired) electrons. The van der Waals surface area contributed by atoms with E-state index in [2.05, 4.69) is 11.2 Å². The highest BCUT2D eigenvalue weighted by Crippen LogP contribution is 2.49. The minimum atomic E-state index is -0.871. The van der Waals surface area contributed by atoms with Crippen LogP contribution in [0, 0.1) is 17.8 Å². The van der Waals surface area contributed by atoms with E-state index in [1.807, 2.05) is 20.8 Å². The van der Waals surface area contributed by atoms with Crippen LogP contribution in [0.1, 0.15) is 27.2 Å². The number of ether oxygens (including phenoxy) is 1. The zero-order valence-electron chi connectivity index (χ0n) is 10.2. The molecule has 1 amide bonds. The lowest BCUT2D eigenvalue weighted by Crippen LogP contribution is -2.75. The van der Waals surface area contributed by atoms with Gasteiger partial charge in [-0.2, -0.15) is 0 Å². The Balaban J connectivity index is 2.68. The van der Waals surface area contributed by atoms with Gasteiger partial charge in [0.05, 0.1) is 12.6 Å². The van der Waals surface area contributed by atoms with Crippen LogP contribution >= 0.6 is 0 Å². The predicted octanol–water partition coefficient (Wildman–Crippen LogP) is 0.268. The van der Waals surface area contributed by atoms with E-state index in [1.165, 1.54) is 0 Å². The molecule has 0 aromatic heterocycles. The zero-order valence-corrected chi connectivity index (χ0v) is 10.2. The van der Waals surface area contributed by atoms with Gasteiger partial charge in [0.25, 0.3) is 0 Å². The Hall–Kier alpha value is -1.05. The second kappa shape index (κ2) is 4.44. The van der Waals surface area contributed by atoms with E-state index < -0.39 is 5.54 Å². The number of rotatable bonds is 4. The summed E-state index contributed by atoms with van der Waals surface area (Å²) >= 11 is 0. The average molecular weight is 224 g/mol. The summed E-state index contributed by atoms with van der Waals surface area (Å²) in [5, 5.41) is 2.64. The molecule has 1 aliphatic rings. The van der Waals surface area contributed by atoms with E-state index in [-0.39, 0.29) is 24.0 Å². The lowest BCUT2D eigenvalue weighted by atomic mass is 9.54. The van der Waals surface area contributed by atoms with E-state index in [0.29, 0.717) is 13.0 Å². The van der Waals surface area contributed by atoms with Crippen LogP contribution in [0.4, 0.5) is 0 Å². The Morgan fingerprint density at radius 1 is 1.69 bits per heavy atom. The van der Waals surface area contributed by atoms with Gasteiger partial charge in [0.1, 0.15) is 5.54 Å². The lowest BCUT2D eigenvalue weighted by molar-refractivity contribution is -0.170. The van der Waals surface area contributed by atoms with Crippen LogP contribution < -0.4 is 11.1 Å². The monoisotopic (exact) mass is 224 g/mol. The summed E-state index contributed by atoms with van der Waals surface area (Å²) in [5.41, 5.74) is 4.89. The molecule has 1 saturated carbocycles. The fourth-order valence-corrected chi connectivity index (χ4v) is 2.11. The molecule has 90 valence electrons. The maximum atomic E-state index is 11.9. The Bertz CT molecular complexity index is 319. The Kier molecular flexibility index (Phi) is 3.61. The molecule has 4 nitrogen and oxygen atoms in total. The molecule has 0 spiro atoms. The van der Waals surface area contributed by atoms with Crippen LogP contribution in [0.15, 0.2) is 0 Å². The van der Waals surface area contributed by atoms with Crippen LogP contribution in [-0.2, 0) is 9.53 Å². The summed E-state index contributed by atoms with van der Waals surface area (Å²) in [7, 11) is 0. The fraction of sp³-hybridized carbons (Fsp3) is 0.750. The summed E-state index contributed by atoms with van der Waals surface area (Å²) < 4.78 is 5.54. The van der Waals surface area contributed by atoms with E-state index >= 15 is 0 Å². The van der Waals surface area contributed by atoms with Crippen molar-refractivity contribution in [1.82, 2.24) is 5.32 Å². The SMILES string of the molecule is C#CCNC(=O)C1(N)CC(OCC)C1(C)C. The maximum absolute atomic E-state index is 11.9. The largest absolute Gasteiger partial charge is 0.378 e. The van der Waals surface area contributed by atoms with Crippen LogP contribution in [0.25, 0.3) is 0 Å². The molecule has 4 heteroatoms. The van der Waals surface area contributed by atoms with Crippen molar-refractivity contribution in [2.24, 2.45) is 11.1 Å². The molecule has 0 aromatic rings. The first-order valence-electron chi connectivity index (χ1n) is 5.52. The topological polar surface area (TPSA) is 64.4 Å². The van der Waals surface area contributed by atoms with Crippen molar-refractivity contribution in [3.05, 3.63) is 0 Å². The van der Waals surface area contributed by atoms with Crippen LogP contribution in [0.2, 0.25) is 0 Å². The molecular weight excluding hydrogens is 204 g/mol. The molecule has 0 bridgehead atoms. The Morgan fingerprint density at radius 2 is 2.31 bits per heavy atom. The van der Waals surface area contributed by atoms with E-state index in [0.717, 1.165) is 0 Å². The summed E-state index contributed by atoms with van der Waals surface area (Å²) in [6.07, 6.45) is 5.68. The normalized spacial score (nSPS) is 31.3. The average Bonchev–Trinajstić information content (AvgIpc) is 2.25. The molecule has 2 atom stereocenters. The van der Waals surface area contributed by atoms with Gasteiger partial charge in [-0.3, -0.25) is 4.79 Å². The summed E-state index contributed by atoms with van der Waals surface area (Å²) in [6.45, 7) is 6.69. The van der Waals surface area contributed by atoms with Gasteiger partial charge in [-0.1, -0.05) is 19.8 Å². The highest BCUT2D eigenvalue weighted by molar-refractivity contribution is 5.89. The van der Waals surface area contributed by atoms with E-state index in [1.54, 1.807) is 0 Å². The van der Waals surface area contributed by atoms with Crippen molar-refractivity contribution in [3.8, 4) is 12.3 Å². The highest BCUT2D eigenvalue weighted by atomic mass is 16.5. The second-order valence-electron chi connectivity index (χ2n) is 4.73. The van der Waals surface area contributed by atoms with Gasteiger partial charge in [0, 0.05) is 18.4 Å². The second-order valence-corrected chi connectivity index (χ2v) is 4.73. The molecular formula is C12H20N2O2. The molecule has 1 aliphatic carbocycles. The first-order chi connectivity index (χ1) is 7.40. The number of terminal acetylenes is 1. The molecule has 0 aliphatic heterocycles. The molecule has 1 rings (SSSR count). The van der Waals surface area contributed by atoms with Crippen LogP contribution in [0.5, 0.6) is 0 Å². The smallest absolute Gasteiger partial charge is 0.241 e.